The zero-order valence-electron chi connectivity index (χ0n) is 21.9. The number of nitrogens with zero attached hydrogens (tertiary/aromatic N) is 1. The Morgan fingerprint density at radius 1 is 0.853 bits per heavy atom. The van der Waals surface area contributed by atoms with Gasteiger partial charge in [-0.2, -0.15) is 0 Å². The van der Waals surface area contributed by atoms with Crippen LogP contribution in [0.3, 0.4) is 0 Å². The summed E-state index contributed by atoms with van der Waals surface area (Å²) >= 11 is 0. The molecule has 3 saturated heterocycles. The molecule has 0 aromatic heterocycles. The Bertz CT molecular complexity index is 595. The summed E-state index contributed by atoms with van der Waals surface area (Å²) in [5.41, 5.74) is 0. The van der Waals surface area contributed by atoms with Crippen molar-refractivity contribution in [1.82, 2.24) is 0 Å². The van der Waals surface area contributed by atoms with Gasteiger partial charge in [-0.25, -0.2) is 0 Å². The average molecular weight is 478 g/mol. The minimum Gasteiger partial charge on any atom is -0.367 e. The van der Waals surface area contributed by atoms with Gasteiger partial charge in [-0.05, 0) is 56.3 Å². The standard InChI is InChI=1S/C29H51NO4/c1-2-3-4-5-12-17-26(30(32)33)19-20-27(31)29-25-18-21-28(34-29)24-15-10-6-8-13-23(22-25)14-9-7-11-16-24/h23-26,28-29H,2-22H2,1H3. The Morgan fingerprint density at radius 3 is 2.21 bits per heavy atom. The van der Waals surface area contributed by atoms with Crippen molar-refractivity contribution in [1.29, 1.82) is 0 Å². The van der Waals surface area contributed by atoms with Gasteiger partial charge in [-0.15, -0.1) is 0 Å². The van der Waals surface area contributed by atoms with E-state index in [1.54, 1.807) is 0 Å². The molecular formula is C29H51NO4. The Kier molecular flexibility index (Phi) is 12.4. The summed E-state index contributed by atoms with van der Waals surface area (Å²) in [5.74, 6) is 1.76. The Morgan fingerprint density at radius 2 is 1.53 bits per heavy atom. The fourth-order valence-electron chi connectivity index (χ4n) is 6.97. The molecule has 0 aromatic carbocycles. The van der Waals surface area contributed by atoms with E-state index in [1.165, 1.54) is 77.0 Å². The molecule has 34 heavy (non-hydrogen) atoms. The third-order valence-electron chi connectivity index (χ3n) is 9.09. The lowest BCUT2D eigenvalue weighted by Crippen LogP contribution is -2.44. The summed E-state index contributed by atoms with van der Waals surface area (Å²) < 4.78 is 6.66. The molecule has 0 radical (unpaired) electrons. The van der Waals surface area contributed by atoms with Gasteiger partial charge < -0.3 is 4.74 Å². The number of ether oxygens (including phenoxy) is 1. The average Bonchev–Trinajstić information content (AvgIpc) is 2.80. The van der Waals surface area contributed by atoms with E-state index in [-0.39, 0.29) is 22.9 Å². The van der Waals surface area contributed by atoms with Crippen molar-refractivity contribution in [3.63, 3.8) is 0 Å². The molecule has 196 valence electrons. The maximum atomic E-state index is 13.5. The lowest BCUT2D eigenvalue weighted by Gasteiger charge is -2.41. The molecule has 4 bridgehead atoms. The van der Waals surface area contributed by atoms with Crippen molar-refractivity contribution in [3.8, 4) is 0 Å². The van der Waals surface area contributed by atoms with Crippen LogP contribution < -0.4 is 0 Å². The summed E-state index contributed by atoms with van der Waals surface area (Å²) in [6.07, 6.45) is 23.0. The van der Waals surface area contributed by atoms with E-state index in [9.17, 15) is 14.9 Å². The second-order valence-corrected chi connectivity index (χ2v) is 11.7. The molecular weight excluding hydrogens is 426 g/mol. The molecule has 0 N–H and O–H groups in total. The molecule has 3 aliphatic heterocycles. The van der Waals surface area contributed by atoms with Gasteiger partial charge in [0.05, 0.1) is 6.10 Å². The first-order valence-corrected chi connectivity index (χ1v) is 14.9. The SMILES string of the molecule is CCCCCCCC(CCC(=O)C1OC2CCC1CC1CCCCCC2CCCCC1)[N+](=O)[O-]. The van der Waals surface area contributed by atoms with Gasteiger partial charge in [0.15, 0.2) is 5.78 Å². The van der Waals surface area contributed by atoms with E-state index < -0.39 is 6.04 Å². The quantitative estimate of drug-likeness (QED) is 0.171. The highest BCUT2D eigenvalue weighted by atomic mass is 16.6. The highest BCUT2D eigenvalue weighted by molar-refractivity contribution is 5.83. The molecule has 6 rings (SSSR count). The van der Waals surface area contributed by atoms with Gasteiger partial charge >= 0.3 is 0 Å². The van der Waals surface area contributed by atoms with E-state index in [2.05, 4.69) is 6.92 Å². The fraction of sp³-hybridized carbons (Fsp3) is 0.966. The number of carbonyl (C=O) groups is 1. The maximum Gasteiger partial charge on any atom is 0.213 e. The molecule has 6 fully saturated rings. The Hall–Kier alpha value is -0.970. The minimum atomic E-state index is -0.583. The van der Waals surface area contributed by atoms with E-state index >= 15 is 0 Å². The number of carbonyl (C=O) groups excluding carboxylic acids is 1. The number of Topliss-reactive ketones (excluding diaryl/α,β-unsaturated/α-hetero) is 1. The van der Waals surface area contributed by atoms with Crippen LogP contribution in [0.2, 0.25) is 0 Å². The Labute approximate surface area is 208 Å². The highest BCUT2D eigenvalue weighted by Gasteiger charge is 2.40. The number of rotatable bonds is 11. The highest BCUT2D eigenvalue weighted by Crippen LogP contribution is 2.40. The molecule has 0 spiro atoms. The van der Waals surface area contributed by atoms with E-state index in [1.807, 2.05) is 0 Å². The van der Waals surface area contributed by atoms with Gasteiger partial charge in [0.2, 0.25) is 6.04 Å². The molecule has 5 nitrogen and oxygen atoms in total. The first kappa shape index (κ1) is 27.6. The van der Waals surface area contributed by atoms with Crippen LogP contribution in [0.5, 0.6) is 0 Å². The zero-order chi connectivity index (χ0) is 24.2. The first-order chi connectivity index (χ1) is 16.6. The van der Waals surface area contributed by atoms with Crippen LogP contribution in [-0.2, 0) is 9.53 Å². The second-order valence-electron chi connectivity index (χ2n) is 11.7. The van der Waals surface area contributed by atoms with E-state index in [0.29, 0.717) is 37.0 Å². The van der Waals surface area contributed by atoms with Gasteiger partial charge in [-0.1, -0.05) is 84.0 Å². The third kappa shape index (κ3) is 8.91. The van der Waals surface area contributed by atoms with Crippen molar-refractivity contribution in [2.24, 2.45) is 17.8 Å². The second kappa shape index (κ2) is 15.2. The third-order valence-corrected chi connectivity index (χ3v) is 9.09. The summed E-state index contributed by atoms with van der Waals surface area (Å²) in [5, 5.41) is 11.7. The normalized spacial score (nSPS) is 31.5. The zero-order valence-corrected chi connectivity index (χ0v) is 21.9. The minimum absolute atomic E-state index is 0.140. The topological polar surface area (TPSA) is 69.4 Å². The first-order valence-electron chi connectivity index (χ1n) is 14.9. The number of unbranched alkanes of at least 4 members (excludes halogenated alkanes) is 4. The lowest BCUT2D eigenvalue weighted by atomic mass is 9.74. The molecule has 4 unspecified atom stereocenters. The monoisotopic (exact) mass is 477 g/mol. The molecule has 6 aliphatic rings. The predicted octanol–water partition coefficient (Wildman–Crippen LogP) is 8.06. The van der Waals surface area contributed by atoms with Crippen molar-refractivity contribution in [2.45, 2.75) is 160 Å². The van der Waals surface area contributed by atoms with Gasteiger partial charge in [-0.3, -0.25) is 14.9 Å². The van der Waals surface area contributed by atoms with E-state index in [0.717, 1.165) is 38.5 Å². The van der Waals surface area contributed by atoms with Crippen LogP contribution in [0.1, 0.15) is 142 Å². The van der Waals surface area contributed by atoms with Crippen molar-refractivity contribution in [3.05, 3.63) is 10.1 Å². The van der Waals surface area contributed by atoms with Crippen LogP contribution in [0.4, 0.5) is 0 Å². The van der Waals surface area contributed by atoms with Crippen molar-refractivity contribution >= 4 is 5.78 Å². The number of nitro groups is 1. The molecule has 0 amide bonds. The van der Waals surface area contributed by atoms with Crippen LogP contribution in [0, 0.1) is 27.9 Å². The summed E-state index contributed by atoms with van der Waals surface area (Å²) in [7, 11) is 0. The van der Waals surface area contributed by atoms with Crippen LogP contribution in [0.25, 0.3) is 0 Å². The van der Waals surface area contributed by atoms with Crippen LogP contribution in [-0.4, -0.2) is 29.0 Å². The Balaban J connectivity index is 1.63. The van der Waals surface area contributed by atoms with Gasteiger partial charge in [0, 0.05) is 24.2 Å². The summed E-state index contributed by atoms with van der Waals surface area (Å²) in [6, 6.07) is -0.583. The molecule has 3 heterocycles. The number of ketones is 1. The van der Waals surface area contributed by atoms with Gasteiger partial charge in [0.25, 0.3) is 0 Å². The van der Waals surface area contributed by atoms with Crippen molar-refractivity contribution < 1.29 is 14.5 Å². The molecule has 3 saturated carbocycles. The maximum absolute atomic E-state index is 13.5. The van der Waals surface area contributed by atoms with E-state index in [4.69, 9.17) is 4.74 Å². The fourth-order valence-corrected chi connectivity index (χ4v) is 6.97. The molecule has 5 heteroatoms. The van der Waals surface area contributed by atoms with Gasteiger partial charge in [0.1, 0.15) is 6.10 Å². The summed E-state index contributed by atoms with van der Waals surface area (Å²) in [4.78, 5) is 25.0. The molecule has 0 aromatic rings. The number of hydrogen-bond donors (Lipinski definition) is 0. The number of hydrogen-bond acceptors (Lipinski definition) is 4. The molecule has 3 aliphatic carbocycles. The smallest absolute Gasteiger partial charge is 0.213 e. The van der Waals surface area contributed by atoms with Crippen LogP contribution in [0.15, 0.2) is 0 Å². The lowest BCUT2D eigenvalue weighted by molar-refractivity contribution is -0.524. The predicted molar refractivity (Wildman–Crippen MR) is 138 cm³/mol. The largest absolute Gasteiger partial charge is 0.367 e. The van der Waals surface area contributed by atoms with Crippen LogP contribution >= 0.6 is 0 Å². The summed E-state index contributed by atoms with van der Waals surface area (Å²) in [6.45, 7) is 2.18. The van der Waals surface area contributed by atoms with Crippen molar-refractivity contribution in [2.75, 3.05) is 0 Å². The molecule has 4 atom stereocenters.